The molecule has 1 aromatic rings. The summed E-state index contributed by atoms with van der Waals surface area (Å²) >= 11 is 0. The minimum absolute atomic E-state index is 0.151. The average Bonchev–Trinajstić information content (AvgIpc) is 3.00. The van der Waals surface area contributed by atoms with Gasteiger partial charge in [0.2, 0.25) is 5.91 Å². The molecule has 21 heavy (non-hydrogen) atoms. The second-order valence-electron chi connectivity index (χ2n) is 5.69. The summed E-state index contributed by atoms with van der Waals surface area (Å²) in [6.07, 6.45) is 4.28. The van der Waals surface area contributed by atoms with Gasteiger partial charge < -0.3 is 9.73 Å². The van der Waals surface area contributed by atoms with Gasteiger partial charge in [-0.2, -0.15) is 0 Å². The third-order valence-corrected chi connectivity index (χ3v) is 3.58. The summed E-state index contributed by atoms with van der Waals surface area (Å²) in [5.41, 5.74) is 0. The predicted octanol–water partition coefficient (Wildman–Crippen LogP) is 1.79. The first-order chi connectivity index (χ1) is 10.0. The van der Waals surface area contributed by atoms with E-state index in [2.05, 4.69) is 10.6 Å². The Morgan fingerprint density at radius 1 is 1.33 bits per heavy atom. The van der Waals surface area contributed by atoms with Crippen LogP contribution >= 0.6 is 0 Å². The summed E-state index contributed by atoms with van der Waals surface area (Å²) in [4.78, 5) is 25.3. The van der Waals surface area contributed by atoms with E-state index in [1.165, 1.54) is 0 Å². The summed E-state index contributed by atoms with van der Waals surface area (Å²) in [6, 6.07) is 3.59. The van der Waals surface area contributed by atoms with Gasteiger partial charge in [0.1, 0.15) is 11.5 Å². The van der Waals surface area contributed by atoms with Crippen molar-refractivity contribution < 1.29 is 14.0 Å². The summed E-state index contributed by atoms with van der Waals surface area (Å²) in [7, 11) is 1.81. The van der Waals surface area contributed by atoms with Gasteiger partial charge in [-0.3, -0.25) is 15.0 Å². The van der Waals surface area contributed by atoms with Gasteiger partial charge in [0.15, 0.2) is 0 Å². The molecule has 1 fully saturated rings. The number of carbonyl (C=O) groups excluding carboxylic acids is 2. The van der Waals surface area contributed by atoms with Crippen molar-refractivity contribution in [2.75, 3.05) is 13.6 Å². The van der Waals surface area contributed by atoms with E-state index in [9.17, 15) is 9.59 Å². The van der Waals surface area contributed by atoms with E-state index >= 15 is 0 Å². The summed E-state index contributed by atoms with van der Waals surface area (Å²) in [5, 5.41) is 5.20. The Morgan fingerprint density at radius 3 is 2.67 bits per heavy atom. The van der Waals surface area contributed by atoms with Gasteiger partial charge in [0.25, 0.3) is 0 Å². The van der Waals surface area contributed by atoms with Crippen LogP contribution in [0.4, 0.5) is 4.79 Å². The molecule has 2 N–H and O–H groups in total. The quantitative estimate of drug-likeness (QED) is 0.868. The number of nitrogens with zero attached hydrogens (tertiary/aromatic N) is 1. The van der Waals surface area contributed by atoms with Crippen LogP contribution in [0, 0.1) is 6.92 Å². The minimum atomic E-state index is -0.394. The summed E-state index contributed by atoms with van der Waals surface area (Å²) < 4.78 is 5.45. The molecule has 0 aliphatic heterocycles. The van der Waals surface area contributed by atoms with Gasteiger partial charge in [-0.25, -0.2) is 4.79 Å². The maximum absolute atomic E-state index is 11.8. The highest BCUT2D eigenvalue weighted by Gasteiger charge is 2.18. The highest BCUT2D eigenvalue weighted by Crippen LogP contribution is 2.17. The molecule has 0 atom stereocenters. The van der Waals surface area contributed by atoms with Crippen LogP contribution in [0.3, 0.4) is 0 Å². The average molecular weight is 293 g/mol. The number of imide groups is 1. The highest BCUT2D eigenvalue weighted by atomic mass is 16.3. The van der Waals surface area contributed by atoms with Crippen molar-refractivity contribution in [3.8, 4) is 0 Å². The number of urea groups is 1. The number of likely N-dealkylation sites (N-methyl/N-ethyl adjacent to an activating group) is 1. The lowest BCUT2D eigenvalue weighted by Crippen LogP contribution is -2.46. The van der Waals surface area contributed by atoms with E-state index in [4.69, 9.17) is 4.42 Å². The van der Waals surface area contributed by atoms with E-state index in [-0.39, 0.29) is 18.5 Å². The van der Waals surface area contributed by atoms with Crippen LogP contribution in [0.25, 0.3) is 0 Å². The molecular weight excluding hydrogens is 270 g/mol. The molecule has 0 unspecified atom stereocenters. The third kappa shape index (κ3) is 5.23. The zero-order valence-electron chi connectivity index (χ0n) is 12.6. The molecule has 1 aliphatic carbocycles. The molecule has 0 spiro atoms. The molecule has 3 amide bonds. The number of aryl methyl sites for hydroxylation is 1. The zero-order valence-corrected chi connectivity index (χ0v) is 12.6. The molecule has 0 aromatic carbocycles. The van der Waals surface area contributed by atoms with Crippen LogP contribution in [-0.2, 0) is 11.3 Å². The Balaban J connectivity index is 1.69. The summed E-state index contributed by atoms with van der Waals surface area (Å²) in [6.45, 7) is 2.56. The second-order valence-corrected chi connectivity index (χ2v) is 5.69. The van der Waals surface area contributed by atoms with E-state index in [0.29, 0.717) is 6.54 Å². The van der Waals surface area contributed by atoms with Crippen LogP contribution in [0.1, 0.15) is 37.2 Å². The third-order valence-electron chi connectivity index (χ3n) is 3.58. The van der Waals surface area contributed by atoms with Crippen LogP contribution in [0.15, 0.2) is 16.5 Å². The van der Waals surface area contributed by atoms with E-state index in [1.54, 1.807) is 4.90 Å². The van der Waals surface area contributed by atoms with Crippen molar-refractivity contribution in [3.05, 3.63) is 23.7 Å². The van der Waals surface area contributed by atoms with Crippen LogP contribution < -0.4 is 10.6 Å². The van der Waals surface area contributed by atoms with Gasteiger partial charge >= 0.3 is 6.03 Å². The lowest BCUT2D eigenvalue weighted by atomic mass is 10.2. The van der Waals surface area contributed by atoms with Crippen molar-refractivity contribution >= 4 is 11.9 Å². The number of amides is 3. The predicted molar refractivity (Wildman–Crippen MR) is 78.7 cm³/mol. The van der Waals surface area contributed by atoms with Gasteiger partial charge in [-0.15, -0.1) is 0 Å². The summed E-state index contributed by atoms with van der Waals surface area (Å²) in [5.74, 6) is 1.34. The molecule has 0 radical (unpaired) electrons. The molecule has 1 heterocycles. The van der Waals surface area contributed by atoms with Gasteiger partial charge in [0, 0.05) is 6.04 Å². The van der Waals surface area contributed by atoms with Crippen molar-refractivity contribution in [2.24, 2.45) is 0 Å². The fourth-order valence-electron chi connectivity index (χ4n) is 2.59. The number of hydrogen-bond acceptors (Lipinski definition) is 4. The smallest absolute Gasteiger partial charge is 0.321 e. The van der Waals surface area contributed by atoms with E-state index < -0.39 is 6.03 Å². The Bertz CT molecular complexity index is 492. The zero-order chi connectivity index (χ0) is 15.2. The molecule has 1 aliphatic rings. The molecule has 1 saturated carbocycles. The Kier molecular flexibility index (Phi) is 5.38. The van der Waals surface area contributed by atoms with Crippen molar-refractivity contribution in [2.45, 2.75) is 45.2 Å². The lowest BCUT2D eigenvalue weighted by molar-refractivity contribution is -0.121. The topological polar surface area (TPSA) is 74.6 Å². The fraction of sp³-hybridized carbons (Fsp3) is 0.600. The molecule has 116 valence electrons. The SMILES string of the molecule is Cc1ccc(CN(C)CC(=O)NC(=O)NC2CCCC2)o1. The van der Waals surface area contributed by atoms with Crippen molar-refractivity contribution in [1.82, 2.24) is 15.5 Å². The first-order valence-corrected chi connectivity index (χ1v) is 7.37. The standard InChI is InChI=1S/C15H23N3O3/c1-11-7-8-13(21-11)9-18(2)10-14(19)17-15(20)16-12-5-3-4-6-12/h7-8,12H,3-6,9-10H2,1-2H3,(H2,16,17,19,20). The maximum Gasteiger partial charge on any atom is 0.321 e. The normalized spacial score (nSPS) is 15.4. The second kappa shape index (κ2) is 7.26. The maximum atomic E-state index is 11.8. The van der Waals surface area contributed by atoms with Gasteiger partial charge in [-0.05, 0) is 38.9 Å². The first kappa shape index (κ1) is 15.6. The number of rotatable bonds is 5. The number of carbonyl (C=O) groups is 2. The first-order valence-electron chi connectivity index (χ1n) is 7.37. The fourth-order valence-corrected chi connectivity index (χ4v) is 2.59. The van der Waals surface area contributed by atoms with Crippen LogP contribution in [0.5, 0.6) is 0 Å². The Morgan fingerprint density at radius 2 is 2.05 bits per heavy atom. The van der Waals surface area contributed by atoms with Gasteiger partial charge in [0.05, 0.1) is 13.1 Å². The van der Waals surface area contributed by atoms with Crippen molar-refractivity contribution in [3.63, 3.8) is 0 Å². The minimum Gasteiger partial charge on any atom is -0.465 e. The molecule has 1 aromatic heterocycles. The molecule has 2 rings (SSSR count). The van der Waals surface area contributed by atoms with E-state index in [0.717, 1.165) is 37.2 Å². The van der Waals surface area contributed by atoms with E-state index in [1.807, 2.05) is 26.1 Å². The van der Waals surface area contributed by atoms with Gasteiger partial charge in [-0.1, -0.05) is 12.8 Å². The molecule has 6 nitrogen and oxygen atoms in total. The van der Waals surface area contributed by atoms with Crippen LogP contribution in [-0.4, -0.2) is 36.5 Å². The number of hydrogen-bond donors (Lipinski definition) is 2. The van der Waals surface area contributed by atoms with Crippen molar-refractivity contribution in [1.29, 1.82) is 0 Å². The molecule has 0 bridgehead atoms. The largest absolute Gasteiger partial charge is 0.465 e. The monoisotopic (exact) mass is 293 g/mol. The lowest BCUT2D eigenvalue weighted by Gasteiger charge is -2.16. The number of nitrogens with one attached hydrogen (secondary N) is 2. The molecule has 0 saturated heterocycles. The molecular formula is C15H23N3O3. The molecule has 6 heteroatoms. The number of furan rings is 1. The van der Waals surface area contributed by atoms with Crippen LogP contribution in [0.2, 0.25) is 0 Å². The Labute approximate surface area is 124 Å². The Hall–Kier alpha value is -1.82. The highest BCUT2D eigenvalue weighted by molar-refractivity contribution is 5.95.